The Kier molecular flexibility index (Phi) is 9.67. The predicted octanol–water partition coefficient (Wildman–Crippen LogP) is 4.56. The van der Waals surface area contributed by atoms with Gasteiger partial charge in [0.2, 0.25) is 0 Å². The Balaban J connectivity index is 1.84. The molecule has 7 nitrogen and oxygen atoms in total. The summed E-state index contributed by atoms with van der Waals surface area (Å²) in [7, 11) is 0. The highest BCUT2D eigenvalue weighted by Crippen LogP contribution is 2.13. The second kappa shape index (κ2) is 12.5. The standard InChI is InChI=1S/C23H29NO6/c1-18(16-29-23(27)30-19(2)17-28-22(25)26)13-24(14-20-9-5-3-6-10-20)15-21-11-7-4-8-12-21/h3-12,18-19H,13-17H2,1-2H3,(H,25,26). The van der Waals surface area contributed by atoms with Gasteiger partial charge in [-0.05, 0) is 18.1 Å². The molecule has 2 atom stereocenters. The molecule has 2 aromatic rings. The number of hydrogen-bond acceptors (Lipinski definition) is 6. The van der Waals surface area contributed by atoms with Gasteiger partial charge in [0, 0.05) is 25.6 Å². The Hall–Kier alpha value is -3.06. The second-order valence-electron chi connectivity index (χ2n) is 7.31. The Morgan fingerprint density at radius 2 is 1.40 bits per heavy atom. The van der Waals surface area contributed by atoms with E-state index in [4.69, 9.17) is 14.6 Å². The van der Waals surface area contributed by atoms with Crippen molar-refractivity contribution in [3.63, 3.8) is 0 Å². The van der Waals surface area contributed by atoms with E-state index >= 15 is 0 Å². The topological polar surface area (TPSA) is 85.3 Å². The van der Waals surface area contributed by atoms with Crippen molar-refractivity contribution in [3.05, 3.63) is 71.8 Å². The first-order chi connectivity index (χ1) is 14.4. The molecule has 2 aromatic carbocycles. The molecule has 0 spiro atoms. The van der Waals surface area contributed by atoms with E-state index in [0.29, 0.717) is 0 Å². The highest BCUT2D eigenvalue weighted by Gasteiger charge is 2.16. The summed E-state index contributed by atoms with van der Waals surface area (Å²) in [6.07, 6.45) is -2.96. The summed E-state index contributed by atoms with van der Waals surface area (Å²) in [5.41, 5.74) is 2.43. The van der Waals surface area contributed by atoms with Crippen LogP contribution in [0.1, 0.15) is 25.0 Å². The zero-order chi connectivity index (χ0) is 21.8. The average Bonchev–Trinajstić information content (AvgIpc) is 2.72. The fourth-order valence-corrected chi connectivity index (χ4v) is 2.99. The van der Waals surface area contributed by atoms with Gasteiger partial charge in [0.1, 0.15) is 12.7 Å². The zero-order valence-electron chi connectivity index (χ0n) is 17.4. The smallest absolute Gasteiger partial charge is 0.450 e. The summed E-state index contributed by atoms with van der Waals surface area (Å²) in [5, 5.41) is 8.47. The molecule has 30 heavy (non-hydrogen) atoms. The Morgan fingerprint density at radius 3 is 1.90 bits per heavy atom. The molecule has 0 radical (unpaired) electrons. The molecule has 0 amide bonds. The van der Waals surface area contributed by atoms with Gasteiger partial charge >= 0.3 is 12.3 Å². The molecule has 2 unspecified atom stereocenters. The molecule has 0 saturated carbocycles. The van der Waals surface area contributed by atoms with Gasteiger partial charge in [-0.2, -0.15) is 0 Å². The minimum atomic E-state index is -1.41. The predicted molar refractivity (Wildman–Crippen MR) is 112 cm³/mol. The van der Waals surface area contributed by atoms with Gasteiger partial charge in [-0.3, -0.25) is 4.90 Å². The van der Waals surface area contributed by atoms with Gasteiger partial charge in [-0.25, -0.2) is 9.59 Å². The number of benzene rings is 2. The van der Waals surface area contributed by atoms with Crippen LogP contribution in [0.4, 0.5) is 9.59 Å². The first-order valence-electron chi connectivity index (χ1n) is 9.91. The third kappa shape index (κ3) is 9.43. The highest BCUT2D eigenvalue weighted by atomic mass is 16.7. The fourth-order valence-electron chi connectivity index (χ4n) is 2.99. The minimum absolute atomic E-state index is 0.0792. The van der Waals surface area contributed by atoms with E-state index in [2.05, 4.69) is 33.9 Å². The van der Waals surface area contributed by atoms with Crippen LogP contribution in [0.2, 0.25) is 0 Å². The molecule has 0 aromatic heterocycles. The Labute approximate surface area is 177 Å². The first kappa shape index (κ1) is 23.2. The molecule has 0 bridgehead atoms. The number of nitrogens with zero attached hydrogens (tertiary/aromatic N) is 1. The van der Waals surface area contributed by atoms with Gasteiger partial charge in [0.15, 0.2) is 0 Å². The van der Waals surface area contributed by atoms with Crippen molar-refractivity contribution in [2.24, 2.45) is 5.92 Å². The molecule has 0 aliphatic carbocycles. The van der Waals surface area contributed by atoms with E-state index in [-0.39, 0.29) is 19.1 Å². The van der Waals surface area contributed by atoms with Crippen LogP contribution in [-0.2, 0) is 27.3 Å². The lowest BCUT2D eigenvalue weighted by Crippen LogP contribution is -2.31. The molecule has 0 aliphatic heterocycles. The van der Waals surface area contributed by atoms with Crippen LogP contribution in [0.5, 0.6) is 0 Å². The molecule has 0 aliphatic rings. The van der Waals surface area contributed by atoms with Crippen molar-refractivity contribution in [2.75, 3.05) is 19.8 Å². The molecule has 1 N–H and O–H groups in total. The number of carbonyl (C=O) groups is 2. The van der Waals surface area contributed by atoms with Crippen LogP contribution in [0.3, 0.4) is 0 Å². The van der Waals surface area contributed by atoms with Crippen LogP contribution in [0.15, 0.2) is 60.7 Å². The third-order valence-corrected chi connectivity index (χ3v) is 4.29. The average molecular weight is 415 g/mol. The summed E-state index contributed by atoms with van der Waals surface area (Å²) >= 11 is 0. The van der Waals surface area contributed by atoms with Crippen molar-refractivity contribution < 1.29 is 28.9 Å². The monoisotopic (exact) mass is 415 g/mol. The lowest BCUT2D eigenvalue weighted by Gasteiger charge is -2.26. The number of hydrogen-bond donors (Lipinski definition) is 1. The normalized spacial score (nSPS) is 12.8. The molecule has 0 saturated heterocycles. The van der Waals surface area contributed by atoms with Crippen LogP contribution >= 0.6 is 0 Å². The van der Waals surface area contributed by atoms with Crippen molar-refractivity contribution >= 4 is 12.3 Å². The van der Waals surface area contributed by atoms with Crippen molar-refractivity contribution in [3.8, 4) is 0 Å². The van der Waals surface area contributed by atoms with E-state index in [1.165, 1.54) is 18.1 Å². The van der Waals surface area contributed by atoms with E-state index < -0.39 is 18.4 Å². The molecule has 2 rings (SSSR count). The number of carboxylic acid groups (broad SMARTS) is 1. The third-order valence-electron chi connectivity index (χ3n) is 4.29. The molecule has 7 heteroatoms. The summed E-state index contributed by atoms with van der Waals surface area (Å²) in [5.74, 6) is 0.0792. The quantitative estimate of drug-likeness (QED) is 0.538. The lowest BCUT2D eigenvalue weighted by molar-refractivity contribution is -0.00906. The van der Waals surface area contributed by atoms with Gasteiger partial charge < -0.3 is 19.3 Å². The van der Waals surface area contributed by atoms with Gasteiger partial charge in [-0.15, -0.1) is 0 Å². The maximum absolute atomic E-state index is 11.8. The molecular weight excluding hydrogens is 386 g/mol. The number of rotatable bonds is 11. The van der Waals surface area contributed by atoms with Gasteiger partial charge in [0.25, 0.3) is 0 Å². The van der Waals surface area contributed by atoms with Crippen molar-refractivity contribution in [1.29, 1.82) is 0 Å². The SMILES string of the molecule is CC(COC(=O)OC(C)COC(=O)O)CN(Cc1ccccc1)Cc1ccccc1. The van der Waals surface area contributed by atoms with E-state index in [1.807, 2.05) is 43.3 Å². The first-order valence-corrected chi connectivity index (χ1v) is 9.91. The van der Waals surface area contributed by atoms with Crippen molar-refractivity contribution in [2.45, 2.75) is 33.0 Å². The largest absolute Gasteiger partial charge is 0.508 e. The molecule has 0 heterocycles. The zero-order valence-corrected chi connectivity index (χ0v) is 17.4. The number of ether oxygens (including phenoxy) is 3. The maximum Gasteiger partial charge on any atom is 0.508 e. The van der Waals surface area contributed by atoms with Gasteiger partial charge in [0.05, 0.1) is 6.61 Å². The van der Waals surface area contributed by atoms with E-state index in [1.54, 1.807) is 0 Å². The van der Waals surface area contributed by atoms with Crippen LogP contribution in [0, 0.1) is 5.92 Å². The summed E-state index contributed by atoms with van der Waals surface area (Å²) in [6, 6.07) is 20.5. The lowest BCUT2D eigenvalue weighted by atomic mass is 10.1. The van der Waals surface area contributed by atoms with E-state index in [9.17, 15) is 9.59 Å². The summed E-state index contributed by atoms with van der Waals surface area (Å²) in [6.45, 7) is 5.81. The number of carbonyl (C=O) groups excluding carboxylic acids is 1. The Morgan fingerprint density at radius 1 is 0.867 bits per heavy atom. The second-order valence-corrected chi connectivity index (χ2v) is 7.31. The van der Waals surface area contributed by atoms with Gasteiger partial charge in [-0.1, -0.05) is 67.6 Å². The summed E-state index contributed by atoms with van der Waals surface area (Å²) in [4.78, 5) is 24.5. The molecule has 0 fully saturated rings. The molecular formula is C23H29NO6. The minimum Gasteiger partial charge on any atom is -0.450 e. The van der Waals surface area contributed by atoms with Crippen LogP contribution < -0.4 is 0 Å². The highest BCUT2D eigenvalue weighted by molar-refractivity contribution is 5.60. The molecule has 162 valence electrons. The van der Waals surface area contributed by atoms with E-state index in [0.717, 1.165) is 19.6 Å². The van der Waals surface area contributed by atoms with Crippen molar-refractivity contribution in [1.82, 2.24) is 4.90 Å². The maximum atomic E-state index is 11.8. The van der Waals surface area contributed by atoms with Crippen LogP contribution in [0.25, 0.3) is 0 Å². The summed E-state index contributed by atoms with van der Waals surface area (Å²) < 4.78 is 14.5. The van der Waals surface area contributed by atoms with Crippen LogP contribution in [-0.4, -0.2) is 48.2 Å². The fraction of sp³-hybridized carbons (Fsp3) is 0.391. The Bertz CT molecular complexity index is 726.